The molecule has 0 aliphatic carbocycles. The van der Waals surface area contributed by atoms with E-state index in [1.165, 1.54) is 44.2 Å². The van der Waals surface area contributed by atoms with Gasteiger partial charge in [-0.15, -0.1) is 11.8 Å². The highest BCUT2D eigenvalue weighted by Crippen LogP contribution is 2.23. The van der Waals surface area contributed by atoms with Crippen molar-refractivity contribution >= 4 is 35.5 Å². The van der Waals surface area contributed by atoms with Gasteiger partial charge in [0.1, 0.15) is 5.75 Å². The van der Waals surface area contributed by atoms with Crippen LogP contribution in [0.15, 0.2) is 53.4 Å². The molecule has 10 heteroatoms. The van der Waals surface area contributed by atoms with Crippen LogP contribution in [0.25, 0.3) is 0 Å². The van der Waals surface area contributed by atoms with Gasteiger partial charge in [-0.25, -0.2) is 4.79 Å². The van der Waals surface area contributed by atoms with Crippen molar-refractivity contribution in [3.63, 3.8) is 0 Å². The molecule has 0 aromatic heterocycles. The SMILES string of the molecule is COCCNC(=O)CSc1ccccc1C(=O)OCC(=O)NC(=O)c1ccc(OC)cc1. The predicted octanol–water partition coefficient (Wildman–Crippen LogP) is 1.66. The van der Waals surface area contributed by atoms with Crippen molar-refractivity contribution in [1.29, 1.82) is 0 Å². The second-order valence-electron chi connectivity index (χ2n) is 6.31. The highest BCUT2D eigenvalue weighted by Gasteiger charge is 2.17. The minimum absolute atomic E-state index is 0.102. The molecule has 2 aromatic rings. The summed E-state index contributed by atoms with van der Waals surface area (Å²) in [6.07, 6.45) is 0. The molecule has 0 radical (unpaired) electrons. The maximum atomic E-state index is 12.4. The van der Waals surface area contributed by atoms with Gasteiger partial charge in [0.25, 0.3) is 11.8 Å². The summed E-state index contributed by atoms with van der Waals surface area (Å²) in [5.74, 6) is -1.64. The Kier molecular flexibility index (Phi) is 10.2. The highest BCUT2D eigenvalue weighted by molar-refractivity contribution is 8.00. The second kappa shape index (κ2) is 13.1. The van der Waals surface area contributed by atoms with Gasteiger partial charge in [-0.2, -0.15) is 0 Å². The quantitative estimate of drug-likeness (QED) is 0.295. The monoisotopic (exact) mass is 460 g/mol. The molecule has 0 saturated heterocycles. The average Bonchev–Trinajstić information content (AvgIpc) is 2.81. The van der Waals surface area contributed by atoms with E-state index in [0.717, 1.165) is 0 Å². The molecular formula is C22H24N2O7S. The summed E-state index contributed by atoms with van der Waals surface area (Å²) in [7, 11) is 3.04. The molecule has 3 amide bonds. The zero-order chi connectivity index (χ0) is 23.3. The summed E-state index contributed by atoms with van der Waals surface area (Å²) in [6.45, 7) is 0.170. The number of nitrogens with one attached hydrogen (secondary N) is 2. The molecule has 170 valence electrons. The molecule has 32 heavy (non-hydrogen) atoms. The summed E-state index contributed by atoms with van der Waals surface area (Å²) < 4.78 is 14.9. The third kappa shape index (κ3) is 8.05. The highest BCUT2D eigenvalue weighted by atomic mass is 32.2. The Morgan fingerprint density at radius 1 is 0.938 bits per heavy atom. The Labute approximate surface area is 189 Å². The van der Waals surface area contributed by atoms with Gasteiger partial charge < -0.3 is 19.5 Å². The van der Waals surface area contributed by atoms with E-state index in [0.29, 0.717) is 23.8 Å². The third-order valence-corrected chi connectivity index (χ3v) is 5.11. The Bertz CT molecular complexity index is 948. The van der Waals surface area contributed by atoms with E-state index in [9.17, 15) is 19.2 Å². The van der Waals surface area contributed by atoms with E-state index in [2.05, 4.69) is 10.6 Å². The number of hydrogen-bond acceptors (Lipinski definition) is 8. The van der Waals surface area contributed by atoms with Crippen LogP contribution in [0.1, 0.15) is 20.7 Å². The van der Waals surface area contributed by atoms with Gasteiger partial charge >= 0.3 is 5.97 Å². The molecule has 0 atom stereocenters. The van der Waals surface area contributed by atoms with Crippen LogP contribution in [0.3, 0.4) is 0 Å². The zero-order valence-electron chi connectivity index (χ0n) is 17.7. The topological polar surface area (TPSA) is 120 Å². The number of amides is 3. The number of carbonyl (C=O) groups is 4. The molecule has 0 spiro atoms. The first kappa shape index (κ1) is 24.9. The molecule has 0 fully saturated rings. The second-order valence-corrected chi connectivity index (χ2v) is 7.33. The fourth-order valence-corrected chi connectivity index (χ4v) is 3.30. The molecule has 0 aliphatic rings. The standard InChI is InChI=1S/C22H24N2O7S/c1-29-12-11-23-20(26)14-32-18-6-4-3-5-17(18)22(28)31-13-19(25)24-21(27)15-7-9-16(30-2)10-8-15/h3-10H,11-14H2,1-2H3,(H,23,26)(H,24,25,27). The first-order valence-corrected chi connectivity index (χ1v) is 10.6. The van der Waals surface area contributed by atoms with Crippen LogP contribution in [-0.4, -0.2) is 63.4 Å². The van der Waals surface area contributed by atoms with Crippen molar-refractivity contribution in [3.05, 3.63) is 59.7 Å². The van der Waals surface area contributed by atoms with E-state index in [-0.39, 0.29) is 22.8 Å². The maximum absolute atomic E-state index is 12.4. The van der Waals surface area contributed by atoms with Crippen LogP contribution in [0.5, 0.6) is 5.75 Å². The van der Waals surface area contributed by atoms with Gasteiger partial charge in [-0.05, 0) is 36.4 Å². The van der Waals surface area contributed by atoms with Gasteiger partial charge in [-0.1, -0.05) is 12.1 Å². The van der Waals surface area contributed by atoms with Gasteiger partial charge in [0.05, 0.1) is 25.0 Å². The Hall–Kier alpha value is -3.37. The summed E-state index contributed by atoms with van der Waals surface area (Å²) in [5.41, 5.74) is 0.479. The normalized spacial score (nSPS) is 10.2. The van der Waals surface area contributed by atoms with E-state index in [1.54, 1.807) is 30.3 Å². The van der Waals surface area contributed by atoms with Gasteiger partial charge in [0.2, 0.25) is 5.91 Å². The lowest BCUT2D eigenvalue weighted by Crippen LogP contribution is -2.34. The summed E-state index contributed by atoms with van der Waals surface area (Å²) in [5, 5.41) is 4.84. The number of carbonyl (C=O) groups excluding carboxylic acids is 4. The van der Waals surface area contributed by atoms with Gasteiger partial charge in [-0.3, -0.25) is 19.7 Å². The van der Waals surface area contributed by atoms with Crippen molar-refractivity contribution < 1.29 is 33.4 Å². The van der Waals surface area contributed by atoms with Crippen LogP contribution >= 0.6 is 11.8 Å². The van der Waals surface area contributed by atoms with E-state index < -0.39 is 24.4 Å². The van der Waals surface area contributed by atoms with Crippen LogP contribution in [0, 0.1) is 0 Å². The third-order valence-electron chi connectivity index (χ3n) is 4.03. The fraction of sp³-hybridized carbons (Fsp3) is 0.273. The first-order chi connectivity index (χ1) is 15.4. The zero-order valence-corrected chi connectivity index (χ0v) is 18.5. The number of benzene rings is 2. The van der Waals surface area contributed by atoms with Crippen molar-refractivity contribution in [2.24, 2.45) is 0 Å². The number of ether oxygens (including phenoxy) is 3. The van der Waals surface area contributed by atoms with Crippen LogP contribution in [0.2, 0.25) is 0 Å². The number of thioether (sulfide) groups is 1. The molecule has 2 aromatic carbocycles. The summed E-state index contributed by atoms with van der Waals surface area (Å²) in [6, 6.07) is 12.8. The first-order valence-electron chi connectivity index (χ1n) is 9.57. The lowest BCUT2D eigenvalue weighted by atomic mass is 10.2. The molecule has 0 unspecified atom stereocenters. The van der Waals surface area contributed by atoms with E-state index in [1.807, 2.05) is 0 Å². The van der Waals surface area contributed by atoms with Crippen molar-refractivity contribution in [2.45, 2.75) is 4.90 Å². The smallest absolute Gasteiger partial charge is 0.339 e. The maximum Gasteiger partial charge on any atom is 0.339 e. The molecular weight excluding hydrogens is 436 g/mol. The lowest BCUT2D eigenvalue weighted by Gasteiger charge is -2.10. The Balaban J connectivity index is 1.86. The molecule has 0 aliphatic heterocycles. The lowest BCUT2D eigenvalue weighted by molar-refractivity contribution is -0.123. The van der Waals surface area contributed by atoms with Gasteiger partial charge in [0.15, 0.2) is 6.61 Å². The number of esters is 1. The molecule has 2 rings (SSSR count). The number of methoxy groups -OCH3 is 2. The molecule has 9 nitrogen and oxygen atoms in total. The Morgan fingerprint density at radius 3 is 2.34 bits per heavy atom. The predicted molar refractivity (Wildman–Crippen MR) is 118 cm³/mol. The van der Waals surface area contributed by atoms with Crippen LogP contribution < -0.4 is 15.4 Å². The average molecular weight is 461 g/mol. The van der Waals surface area contributed by atoms with E-state index in [4.69, 9.17) is 14.2 Å². The number of hydrogen-bond donors (Lipinski definition) is 2. The van der Waals surface area contributed by atoms with Crippen molar-refractivity contribution in [3.8, 4) is 5.75 Å². The van der Waals surface area contributed by atoms with Crippen molar-refractivity contribution in [2.75, 3.05) is 39.7 Å². The van der Waals surface area contributed by atoms with Gasteiger partial charge in [0, 0.05) is 24.1 Å². The molecule has 0 bridgehead atoms. The minimum atomic E-state index is -0.762. The molecule has 0 heterocycles. The summed E-state index contributed by atoms with van der Waals surface area (Å²) >= 11 is 1.17. The number of imide groups is 1. The fourth-order valence-electron chi connectivity index (χ4n) is 2.43. The van der Waals surface area contributed by atoms with Crippen LogP contribution in [0.4, 0.5) is 0 Å². The van der Waals surface area contributed by atoms with Crippen molar-refractivity contribution in [1.82, 2.24) is 10.6 Å². The minimum Gasteiger partial charge on any atom is -0.497 e. The Morgan fingerprint density at radius 2 is 1.66 bits per heavy atom. The largest absolute Gasteiger partial charge is 0.497 e. The van der Waals surface area contributed by atoms with E-state index >= 15 is 0 Å². The summed E-state index contributed by atoms with van der Waals surface area (Å²) in [4.78, 5) is 48.9. The molecule has 2 N–H and O–H groups in total. The van der Waals surface area contributed by atoms with Crippen LogP contribution in [-0.2, 0) is 19.1 Å². The number of rotatable bonds is 11. The molecule has 0 saturated carbocycles.